The van der Waals surface area contributed by atoms with Gasteiger partial charge in [0, 0.05) is 18.2 Å². The number of halogens is 3. The number of likely N-dealkylation sites (tertiary alicyclic amines) is 1. The molecule has 1 fully saturated rings. The highest BCUT2D eigenvalue weighted by atomic mass is 19.2. The van der Waals surface area contributed by atoms with Crippen molar-refractivity contribution in [3.8, 4) is 0 Å². The van der Waals surface area contributed by atoms with Crippen molar-refractivity contribution in [1.29, 1.82) is 0 Å². The molecule has 0 radical (unpaired) electrons. The number of benzene rings is 1. The van der Waals surface area contributed by atoms with E-state index >= 15 is 0 Å². The normalized spacial score (nSPS) is 18.0. The van der Waals surface area contributed by atoms with E-state index in [0.717, 1.165) is 18.9 Å². The number of piperidine rings is 1. The van der Waals surface area contributed by atoms with Crippen LogP contribution >= 0.6 is 0 Å². The molecule has 1 saturated heterocycles. The summed E-state index contributed by atoms with van der Waals surface area (Å²) in [5.74, 6) is -2.55. The minimum Gasteiger partial charge on any atom is -0.332 e. The zero-order valence-electron chi connectivity index (χ0n) is 13.2. The number of H-pyrrole nitrogens is 1. The van der Waals surface area contributed by atoms with Crippen molar-refractivity contribution in [2.75, 3.05) is 6.54 Å². The Balaban J connectivity index is 1.81. The zero-order valence-corrected chi connectivity index (χ0v) is 13.2. The van der Waals surface area contributed by atoms with Crippen LogP contribution in [0.2, 0.25) is 0 Å². The topological polar surface area (TPSA) is 61.9 Å². The van der Waals surface area contributed by atoms with E-state index < -0.39 is 17.5 Å². The number of amides is 1. The van der Waals surface area contributed by atoms with Gasteiger partial charge in [-0.2, -0.15) is 5.10 Å². The summed E-state index contributed by atoms with van der Waals surface area (Å²) in [6.45, 7) is 2.27. The number of nitrogens with zero attached hydrogens (tertiary/aromatic N) is 3. The lowest BCUT2D eigenvalue weighted by molar-refractivity contribution is -0.134. The van der Waals surface area contributed by atoms with Gasteiger partial charge in [0.15, 0.2) is 17.5 Å². The Bertz CT molecular complexity index is 762. The second-order valence-electron chi connectivity index (χ2n) is 5.91. The summed E-state index contributed by atoms with van der Waals surface area (Å²) in [7, 11) is 0. The highest BCUT2D eigenvalue weighted by Gasteiger charge is 2.31. The number of hydrogen-bond donors (Lipinski definition) is 1. The molecule has 1 amide bonds. The van der Waals surface area contributed by atoms with Crippen molar-refractivity contribution in [1.82, 2.24) is 20.1 Å². The van der Waals surface area contributed by atoms with E-state index in [1.807, 2.05) is 0 Å². The number of aromatic nitrogens is 3. The fourth-order valence-corrected chi connectivity index (χ4v) is 2.97. The molecule has 24 heavy (non-hydrogen) atoms. The Morgan fingerprint density at radius 3 is 2.71 bits per heavy atom. The molecule has 0 aliphatic carbocycles. The summed E-state index contributed by atoms with van der Waals surface area (Å²) in [5.41, 5.74) is -0.158. The average Bonchev–Trinajstić information content (AvgIpc) is 2.99. The van der Waals surface area contributed by atoms with Crippen LogP contribution in [-0.4, -0.2) is 32.5 Å². The van der Waals surface area contributed by atoms with Gasteiger partial charge in [-0.25, -0.2) is 18.2 Å². The fourth-order valence-electron chi connectivity index (χ4n) is 2.97. The SMILES string of the molecule is Cc1nc(C2CCCCN2C(=O)Cc2cc(F)c(F)cc2F)n[nH]1. The standard InChI is InChI=1S/C16H17F3N4O/c1-9-20-16(22-21-9)14-4-2-3-5-23(14)15(24)7-10-6-12(18)13(19)8-11(10)17/h6,8,14H,2-5,7H2,1H3,(H,20,21,22). The summed E-state index contributed by atoms with van der Waals surface area (Å²) >= 11 is 0. The van der Waals surface area contributed by atoms with Gasteiger partial charge in [0.2, 0.25) is 5.91 Å². The maximum Gasteiger partial charge on any atom is 0.227 e. The number of aromatic amines is 1. The van der Waals surface area contributed by atoms with Crippen molar-refractivity contribution in [2.45, 2.75) is 38.6 Å². The molecule has 0 spiro atoms. The maximum absolute atomic E-state index is 13.8. The predicted molar refractivity (Wildman–Crippen MR) is 79.4 cm³/mol. The molecule has 1 aromatic carbocycles. The van der Waals surface area contributed by atoms with Crippen LogP contribution in [0.3, 0.4) is 0 Å². The lowest BCUT2D eigenvalue weighted by Gasteiger charge is -2.34. The summed E-state index contributed by atoms with van der Waals surface area (Å²) in [6, 6.07) is 0.910. The molecule has 1 unspecified atom stereocenters. The smallest absolute Gasteiger partial charge is 0.227 e. The fraction of sp³-hybridized carbons (Fsp3) is 0.438. The average molecular weight is 338 g/mol. The number of carbonyl (C=O) groups is 1. The third kappa shape index (κ3) is 3.27. The van der Waals surface area contributed by atoms with Gasteiger partial charge >= 0.3 is 0 Å². The zero-order chi connectivity index (χ0) is 17.3. The van der Waals surface area contributed by atoms with Crippen molar-refractivity contribution in [3.05, 3.63) is 46.8 Å². The second kappa shape index (κ2) is 6.62. The number of nitrogens with one attached hydrogen (secondary N) is 1. The van der Waals surface area contributed by atoms with Crippen molar-refractivity contribution >= 4 is 5.91 Å². The van der Waals surface area contributed by atoms with Crippen LogP contribution in [0.25, 0.3) is 0 Å². The predicted octanol–water partition coefficient (Wildman–Crippen LogP) is 2.83. The lowest BCUT2D eigenvalue weighted by atomic mass is 10.00. The van der Waals surface area contributed by atoms with Crippen molar-refractivity contribution in [2.24, 2.45) is 0 Å². The van der Waals surface area contributed by atoms with Crippen LogP contribution in [0.15, 0.2) is 12.1 Å². The van der Waals surface area contributed by atoms with Gasteiger partial charge in [0.05, 0.1) is 12.5 Å². The van der Waals surface area contributed by atoms with Gasteiger partial charge in [0.25, 0.3) is 0 Å². The number of hydrogen-bond acceptors (Lipinski definition) is 3. The third-order valence-corrected chi connectivity index (χ3v) is 4.17. The molecular weight excluding hydrogens is 321 g/mol. The summed E-state index contributed by atoms with van der Waals surface area (Å²) in [6.07, 6.45) is 2.14. The van der Waals surface area contributed by atoms with E-state index in [2.05, 4.69) is 15.2 Å². The first-order valence-corrected chi connectivity index (χ1v) is 7.77. The molecule has 8 heteroatoms. The van der Waals surface area contributed by atoms with E-state index in [0.29, 0.717) is 30.7 Å². The molecule has 3 rings (SSSR count). The molecule has 128 valence electrons. The first-order valence-electron chi connectivity index (χ1n) is 7.77. The first kappa shape index (κ1) is 16.5. The Morgan fingerprint density at radius 2 is 2.00 bits per heavy atom. The van der Waals surface area contributed by atoms with Crippen LogP contribution in [0.1, 0.15) is 42.5 Å². The molecule has 1 aliphatic heterocycles. The van der Waals surface area contributed by atoms with Gasteiger partial charge in [-0.1, -0.05) is 0 Å². The molecule has 1 atom stereocenters. The molecule has 0 saturated carbocycles. The Kier molecular flexibility index (Phi) is 4.55. The van der Waals surface area contributed by atoms with E-state index in [1.165, 1.54) is 0 Å². The van der Waals surface area contributed by atoms with Gasteiger partial charge in [-0.3, -0.25) is 9.89 Å². The van der Waals surface area contributed by atoms with E-state index in [4.69, 9.17) is 0 Å². The highest BCUT2D eigenvalue weighted by molar-refractivity contribution is 5.79. The highest BCUT2D eigenvalue weighted by Crippen LogP contribution is 2.29. The van der Waals surface area contributed by atoms with Crippen LogP contribution in [0, 0.1) is 24.4 Å². The molecular formula is C16H17F3N4O. The Labute approximate surface area is 136 Å². The molecule has 0 bridgehead atoms. The number of rotatable bonds is 3. The summed E-state index contributed by atoms with van der Waals surface area (Å²) < 4.78 is 40.1. The van der Waals surface area contributed by atoms with Gasteiger partial charge < -0.3 is 4.90 Å². The maximum atomic E-state index is 13.8. The van der Waals surface area contributed by atoms with E-state index in [1.54, 1.807) is 11.8 Å². The third-order valence-electron chi connectivity index (χ3n) is 4.17. The number of carbonyl (C=O) groups excluding carboxylic acids is 1. The van der Waals surface area contributed by atoms with Gasteiger partial charge in [-0.15, -0.1) is 0 Å². The number of aryl methyl sites for hydroxylation is 1. The minimum absolute atomic E-state index is 0.158. The molecule has 5 nitrogen and oxygen atoms in total. The van der Waals surface area contributed by atoms with Crippen LogP contribution < -0.4 is 0 Å². The van der Waals surface area contributed by atoms with Crippen LogP contribution in [-0.2, 0) is 11.2 Å². The lowest BCUT2D eigenvalue weighted by Crippen LogP contribution is -2.40. The first-order chi connectivity index (χ1) is 11.5. The largest absolute Gasteiger partial charge is 0.332 e. The Morgan fingerprint density at radius 1 is 1.25 bits per heavy atom. The van der Waals surface area contributed by atoms with Gasteiger partial charge in [0.1, 0.15) is 11.6 Å². The summed E-state index contributed by atoms with van der Waals surface area (Å²) in [4.78, 5) is 18.4. The minimum atomic E-state index is -1.27. The summed E-state index contributed by atoms with van der Waals surface area (Å²) in [5, 5.41) is 6.86. The molecule has 2 aromatic rings. The van der Waals surface area contributed by atoms with Crippen molar-refractivity contribution in [3.63, 3.8) is 0 Å². The molecule has 2 heterocycles. The van der Waals surface area contributed by atoms with Crippen LogP contribution in [0.5, 0.6) is 0 Å². The van der Waals surface area contributed by atoms with Crippen molar-refractivity contribution < 1.29 is 18.0 Å². The quantitative estimate of drug-likeness (QED) is 0.876. The van der Waals surface area contributed by atoms with Crippen LogP contribution in [0.4, 0.5) is 13.2 Å². The van der Waals surface area contributed by atoms with E-state index in [9.17, 15) is 18.0 Å². The van der Waals surface area contributed by atoms with E-state index in [-0.39, 0.29) is 23.9 Å². The molecule has 1 N–H and O–H groups in total. The van der Waals surface area contributed by atoms with Gasteiger partial charge in [-0.05, 0) is 32.3 Å². The monoisotopic (exact) mass is 338 g/mol. The molecule has 1 aliphatic rings. The Hall–Kier alpha value is -2.38. The molecule has 1 aromatic heterocycles. The second-order valence-corrected chi connectivity index (χ2v) is 5.91.